The predicted molar refractivity (Wildman–Crippen MR) is 71.8 cm³/mol. The number of amides is 2. The maximum atomic E-state index is 12.2. The lowest BCUT2D eigenvalue weighted by Gasteiger charge is -2.35. The number of para-hydroxylation sites is 1. The molecule has 1 N–H and O–H groups in total. The Morgan fingerprint density at radius 2 is 1.89 bits per heavy atom. The molecule has 98 valence electrons. The summed E-state index contributed by atoms with van der Waals surface area (Å²) in [5.74, 6) is 0. The minimum Gasteiger partial charge on any atom is -0.372 e. The van der Waals surface area contributed by atoms with Gasteiger partial charge < -0.3 is 15.0 Å². The second-order valence-corrected chi connectivity index (χ2v) is 4.91. The van der Waals surface area contributed by atoms with Crippen molar-refractivity contribution >= 4 is 11.7 Å². The lowest BCUT2D eigenvalue weighted by atomic mass is 10.2. The van der Waals surface area contributed by atoms with Crippen molar-refractivity contribution in [1.82, 2.24) is 4.90 Å². The maximum Gasteiger partial charge on any atom is 0.322 e. The number of hydrogen-bond donors (Lipinski definition) is 1. The molecule has 1 aliphatic heterocycles. The minimum atomic E-state index is -0.0497. The molecule has 1 saturated heterocycles. The van der Waals surface area contributed by atoms with Gasteiger partial charge in [-0.15, -0.1) is 0 Å². The van der Waals surface area contributed by atoms with Crippen LogP contribution in [0.4, 0.5) is 10.5 Å². The van der Waals surface area contributed by atoms with Crippen LogP contribution in [0, 0.1) is 6.92 Å². The Hall–Kier alpha value is -1.55. The Kier molecular flexibility index (Phi) is 3.87. The SMILES string of the molecule is Cc1ccccc1NC(=O)N1CC(C)OC(C)C1. The highest BCUT2D eigenvalue weighted by Gasteiger charge is 2.25. The highest BCUT2D eigenvalue weighted by Crippen LogP contribution is 2.16. The van der Waals surface area contributed by atoms with E-state index in [1.807, 2.05) is 49.9 Å². The molecule has 0 spiro atoms. The van der Waals surface area contributed by atoms with Crippen LogP contribution in [0.1, 0.15) is 19.4 Å². The van der Waals surface area contributed by atoms with Crippen LogP contribution in [0.5, 0.6) is 0 Å². The number of nitrogens with one attached hydrogen (secondary N) is 1. The molecular formula is C14H20N2O2. The molecule has 4 nitrogen and oxygen atoms in total. The molecule has 0 aliphatic carbocycles. The van der Waals surface area contributed by atoms with Gasteiger partial charge in [0, 0.05) is 18.8 Å². The normalized spacial score (nSPS) is 23.8. The van der Waals surface area contributed by atoms with Gasteiger partial charge in [-0.1, -0.05) is 18.2 Å². The summed E-state index contributed by atoms with van der Waals surface area (Å²) in [5.41, 5.74) is 1.94. The smallest absolute Gasteiger partial charge is 0.322 e. The zero-order chi connectivity index (χ0) is 13.1. The van der Waals surface area contributed by atoms with E-state index in [9.17, 15) is 4.79 Å². The fraction of sp³-hybridized carbons (Fsp3) is 0.500. The van der Waals surface area contributed by atoms with Gasteiger partial charge >= 0.3 is 6.03 Å². The van der Waals surface area contributed by atoms with E-state index in [4.69, 9.17) is 4.74 Å². The number of benzene rings is 1. The fourth-order valence-electron chi connectivity index (χ4n) is 2.25. The van der Waals surface area contributed by atoms with Gasteiger partial charge in [0.2, 0.25) is 0 Å². The van der Waals surface area contributed by atoms with E-state index >= 15 is 0 Å². The van der Waals surface area contributed by atoms with Gasteiger partial charge in [-0.05, 0) is 32.4 Å². The van der Waals surface area contributed by atoms with Gasteiger partial charge in [0.05, 0.1) is 12.2 Å². The topological polar surface area (TPSA) is 41.6 Å². The van der Waals surface area contributed by atoms with Crippen molar-refractivity contribution in [3.63, 3.8) is 0 Å². The van der Waals surface area contributed by atoms with E-state index in [1.165, 1.54) is 0 Å². The van der Waals surface area contributed by atoms with E-state index in [0.717, 1.165) is 11.3 Å². The summed E-state index contributed by atoms with van der Waals surface area (Å²) >= 11 is 0. The zero-order valence-corrected chi connectivity index (χ0v) is 11.1. The maximum absolute atomic E-state index is 12.2. The lowest BCUT2D eigenvalue weighted by Crippen LogP contribution is -2.49. The number of anilines is 1. The molecule has 1 heterocycles. The molecule has 1 aromatic carbocycles. The van der Waals surface area contributed by atoms with Crippen LogP contribution >= 0.6 is 0 Å². The third-order valence-electron chi connectivity index (χ3n) is 3.09. The third kappa shape index (κ3) is 3.01. The summed E-state index contributed by atoms with van der Waals surface area (Å²) in [7, 11) is 0. The number of morpholine rings is 1. The summed E-state index contributed by atoms with van der Waals surface area (Å²) in [4.78, 5) is 14.0. The minimum absolute atomic E-state index is 0.0497. The number of carbonyl (C=O) groups is 1. The van der Waals surface area contributed by atoms with Crippen molar-refractivity contribution in [2.75, 3.05) is 18.4 Å². The van der Waals surface area contributed by atoms with Crippen molar-refractivity contribution < 1.29 is 9.53 Å². The van der Waals surface area contributed by atoms with Gasteiger partial charge in [0.25, 0.3) is 0 Å². The molecule has 1 aliphatic rings. The Bertz CT molecular complexity index is 424. The van der Waals surface area contributed by atoms with Crippen LogP contribution in [0.15, 0.2) is 24.3 Å². The predicted octanol–water partition coefficient (Wildman–Crippen LogP) is 2.64. The van der Waals surface area contributed by atoms with Crippen LogP contribution in [0.2, 0.25) is 0 Å². The Balaban J connectivity index is 2.02. The van der Waals surface area contributed by atoms with Crippen LogP contribution in [-0.4, -0.2) is 36.2 Å². The number of hydrogen-bond acceptors (Lipinski definition) is 2. The number of rotatable bonds is 1. The number of urea groups is 1. The van der Waals surface area contributed by atoms with Gasteiger partial charge in [-0.2, -0.15) is 0 Å². The van der Waals surface area contributed by atoms with Crippen LogP contribution in [0.3, 0.4) is 0 Å². The van der Waals surface area contributed by atoms with Crippen molar-refractivity contribution in [2.24, 2.45) is 0 Å². The van der Waals surface area contributed by atoms with Crippen molar-refractivity contribution in [3.8, 4) is 0 Å². The number of ether oxygens (including phenoxy) is 1. The monoisotopic (exact) mass is 248 g/mol. The van der Waals surface area contributed by atoms with E-state index in [0.29, 0.717) is 13.1 Å². The van der Waals surface area contributed by atoms with Gasteiger partial charge in [-0.3, -0.25) is 0 Å². The van der Waals surface area contributed by atoms with Crippen molar-refractivity contribution in [1.29, 1.82) is 0 Å². The molecule has 2 rings (SSSR count). The third-order valence-corrected chi connectivity index (χ3v) is 3.09. The molecule has 2 amide bonds. The molecule has 2 atom stereocenters. The van der Waals surface area contributed by atoms with Crippen LogP contribution < -0.4 is 5.32 Å². The Morgan fingerprint density at radius 3 is 2.50 bits per heavy atom. The van der Waals surface area contributed by atoms with E-state index in [2.05, 4.69) is 5.32 Å². The molecule has 0 aromatic heterocycles. The number of aryl methyl sites for hydroxylation is 1. The first kappa shape index (κ1) is 12.9. The second kappa shape index (κ2) is 5.40. The van der Waals surface area contributed by atoms with Crippen molar-refractivity contribution in [3.05, 3.63) is 29.8 Å². The second-order valence-electron chi connectivity index (χ2n) is 4.91. The van der Waals surface area contributed by atoms with Gasteiger partial charge in [0.1, 0.15) is 0 Å². The first-order valence-electron chi connectivity index (χ1n) is 6.33. The quantitative estimate of drug-likeness (QED) is 0.830. The number of carbonyl (C=O) groups excluding carboxylic acids is 1. The van der Waals surface area contributed by atoms with E-state index in [-0.39, 0.29) is 18.2 Å². The fourth-order valence-corrected chi connectivity index (χ4v) is 2.25. The summed E-state index contributed by atoms with van der Waals surface area (Å²) in [6.45, 7) is 7.25. The van der Waals surface area contributed by atoms with E-state index in [1.54, 1.807) is 0 Å². The summed E-state index contributed by atoms with van der Waals surface area (Å²) in [6, 6.07) is 7.74. The molecule has 4 heteroatoms. The van der Waals surface area contributed by atoms with Gasteiger partial charge in [-0.25, -0.2) is 4.79 Å². The molecule has 0 saturated carbocycles. The zero-order valence-electron chi connectivity index (χ0n) is 11.1. The first-order valence-corrected chi connectivity index (χ1v) is 6.33. The summed E-state index contributed by atoms with van der Waals surface area (Å²) < 4.78 is 5.62. The Morgan fingerprint density at radius 1 is 1.28 bits per heavy atom. The molecule has 1 aromatic rings. The Labute approximate surface area is 108 Å². The first-order chi connectivity index (χ1) is 8.56. The molecular weight excluding hydrogens is 228 g/mol. The molecule has 18 heavy (non-hydrogen) atoms. The molecule has 1 fully saturated rings. The standard InChI is InChI=1S/C14H20N2O2/c1-10-6-4-5-7-13(10)15-14(17)16-8-11(2)18-12(3)9-16/h4-7,11-12H,8-9H2,1-3H3,(H,15,17). The average Bonchev–Trinajstić information content (AvgIpc) is 2.31. The number of nitrogens with zero attached hydrogens (tertiary/aromatic N) is 1. The molecule has 2 unspecified atom stereocenters. The summed E-state index contributed by atoms with van der Waals surface area (Å²) in [5, 5.41) is 2.95. The van der Waals surface area contributed by atoms with Crippen LogP contribution in [0.25, 0.3) is 0 Å². The molecule has 0 radical (unpaired) electrons. The summed E-state index contributed by atoms with van der Waals surface area (Å²) in [6.07, 6.45) is 0.188. The highest BCUT2D eigenvalue weighted by atomic mass is 16.5. The average molecular weight is 248 g/mol. The van der Waals surface area contributed by atoms with Gasteiger partial charge in [0.15, 0.2) is 0 Å². The highest BCUT2D eigenvalue weighted by molar-refractivity contribution is 5.90. The van der Waals surface area contributed by atoms with E-state index < -0.39 is 0 Å². The lowest BCUT2D eigenvalue weighted by molar-refractivity contribution is -0.0530. The van der Waals surface area contributed by atoms with Crippen LogP contribution in [-0.2, 0) is 4.74 Å². The van der Waals surface area contributed by atoms with Crippen molar-refractivity contribution in [2.45, 2.75) is 33.0 Å². The molecule has 0 bridgehead atoms. The largest absolute Gasteiger partial charge is 0.372 e.